The Morgan fingerprint density at radius 1 is 1.41 bits per heavy atom. The number of nitriles is 1. The van der Waals surface area contributed by atoms with Crippen molar-refractivity contribution < 1.29 is 9.18 Å². The standard InChI is InChI=1S/C22H29FN8O/c1-27-22(30-11-3-4-15(14-30)12-20(25)32)28-10-2-5-19-18(13-24)21(26)31(29-19)17-8-6-16(23)7-9-17/h6-9,15H,2-5,10-12,14,26H2,1H3,(H2,25,32)(H,27,28). The number of hydrogen-bond acceptors (Lipinski definition) is 5. The summed E-state index contributed by atoms with van der Waals surface area (Å²) in [5.41, 5.74) is 13.0. The van der Waals surface area contributed by atoms with Gasteiger partial charge in [-0.15, -0.1) is 0 Å². The highest BCUT2D eigenvalue weighted by Crippen LogP contribution is 2.22. The number of nitrogens with two attached hydrogens (primary N) is 2. The lowest BCUT2D eigenvalue weighted by atomic mass is 9.95. The zero-order chi connectivity index (χ0) is 23.1. The lowest BCUT2D eigenvalue weighted by molar-refractivity contribution is -0.119. The molecule has 0 radical (unpaired) electrons. The Balaban J connectivity index is 1.58. The molecule has 0 bridgehead atoms. The van der Waals surface area contributed by atoms with E-state index in [9.17, 15) is 14.4 Å². The number of aromatic nitrogens is 2. The lowest BCUT2D eigenvalue weighted by Gasteiger charge is -2.34. The molecule has 1 saturated heterocycles. The number of hydrogen-bond donors (Lipinski definition) is 3. The highest BCUT2D eigenvalue weighted by Gasteiger charge is 2.23. The maximum absolute atomic E-state index is 13.2. The van der Waals surface area contributed by atoms with Gasteiger partial charge in [0.1, 0.15) is 23.3 Å². The number of amides is 1. The first kappa shape index (κ1) is 23.1. The van der Waals surface area contributed by atoms with Crippen LogP contribution in [-0.4, -0.2) is 53.2 Å². The summed E-state index contributed by atoms with van der Waals surface area (Å²) in [7, 11) is 1.73. The number of carbonyl (C=O) groups excluding carboxylic acids is 1. The van der Waals surface area contributed by atoms with E-state index in [-0.39, 0.29) is 23.5 Å². The predicted molar refractivity (Wildman–Crippen MR) is 120 cm³/mol. The number of nitrogens with zero attached hydrogens (tertiary/aromatic N) is 5. The van der Waals surface area contributed by atoms with Crippen LogP contribution in [0.4, 0.5) is 10.2 Å². The van der Waals surface area contributed by atoms with E-state index in [1.807, 2.05) is 0 Å². The Morgan fingerprint density at radius 3 is 2.81 bits per heavy atom. The second kappa shape index (κ2) is 10.6. The Hall–Kier alpha value is -3.61. The van der Waals surface area contributed by atoms with Crippen molar-refractivity contribution in [3.8, 4) is 11.8 Å². The number of guanidine groups is 1. The summed E-state index contributed by atoms with van der Waals surface area (Å²) in [4.78, 5) is 17.8. The van der Waals surface area contributed by atoms with Crippen LogP contribution in [0, 0.1) is 23.1 Å². The molecule has 1 atom stereocenters. The van der Waals surface area contributed by atoms with Gasteiger partial charge in [0.2, 0.25) is 5.91 Å². The smallest absolute Gasteiger partial charge is 0.217 e. The summed E-state index contributed by atoms with van der Waals surface area (Å²) in [6.07, 6.45) is 3.64. The van der Waals surface area contributed by atoms with Crippen molar-refractivity contribution in [1.29, 1.82) is 5.26 Å². The maximum Gasteiger partial charge on any atom is 0.217 e. The number of nitrogen functional groups attached to an aromatic ring is 1. The van der Waals surface area contributed by atoms with Gasteiger partial charge in [-0.3, -0.25) is 9.79 Å². The molecular weight excluding hydrogens is 411 g/mol. The van der Waals surface area contributed by atoms with Crippen LogP contribution in [0.3, 0.4) is 0 Å². The highest BCUT2D eigenvalue weighted by molar-refractivity contribution is 5.80. The van der Waals surface area contributed by atoms with Crippen LogP contribution in [-0.2, 0) is 11.2 Å². The minimum atomic E-state index is -0.352. The average molecular weight is 441 g/mol. The summed E-state index contributed by atoms with van der Waals surface area (Å²) in [5.74, 6) is 0.654. The van der Waals surface area contributed by atoms with Crippen LogP contribution in [0.2, 0.25) is 0 Å². The monoisotopic (exact) mass is 440 g/mol. The number of aliphatic imine (C=N–C) groups is 1. The molecule has 1 aliphatic rings. The molecule has 3 rings (SSSR count). The third kappa shape index (κ3) is 5.55. The van der Waals surface area contributed by atoms with Gasteiger partial charge in [-0.25, -0.2) is 9.07 Å². The molecule has 5 N–H and O–H groups in total. The summed E-state index contributed by atoms with van der Waals surface area (Å²) in [6, 6.07) is 7.91. The summed E-state index contributed by atoms with van der Waals surface area (Å²) in [6.45, 7) is 2.27. The van der Waals surface area contributed by atoms with Gasteiger partial charge in [-0.2, -0.15) is 10.4 Å². The third-order valence-corrected chi connectivity index (χ3v) is 5.57. The van der Waals surface area contributed by atoms with Gasteiger partial charge in [0.15, 0.2) is 5.96 Å². The molecule has 0 aliphatic carbocycles. The van der Waals surface area contributed by atoms with Gasteiger partial charge >= 0.3 is 0 Å². The van der Waals surface area contributed by atoms with Gasteiger partial charge in [0, 0.05) is 33.1 Å². The number of halogens is 1. The molecule has 0 spiro atoms. The van der Waals surface area contributed by atoms with Crippen LogP contribution >= 0.6 is 0 Å². The van der Waals surface area contributed by atoms with Crippen molar-refractivity contribution >= 4 is 17.7 Å². The van der Waals surface area contributed by atoms with E-state index in [0.717, 1.165) is 31.9 Å². The second-order valence-corrected chi connectivity index (χ2v) is 7.91. The van der Waals surface area contributed by atoms with Crippen molar-refractivity contribution in [3.05, 3.63) is 41.3 Å². The third-order valence-electron chi connectivity index (χ3n) is 5.57. The maximum atomic E-state index is 13.2. The molecule has 1 aliphatic heterocycles. The highest BCUT2D eigenvalue weighted by atomic mass is 19.1. The number of primary amides is 1. The molecule has 1 unspecified atom stereocenters. The molecule has 9 nitrogen and oxygen atoms in total. The van der Waals surface area contributed by atoms with E-state index in [1.165, 1.54) is 16.8 Å². The quantitative estimate of drug-likeness (QED) is 0.339. The molecule has 0 saturated carbocycles. The van der Waals surface area contributed by atoms with E-state index >= 15 is 0 Å². The van der Waals surface area contributed by atoms with Crippen LogP contribution in [0.5, 0.6) is 0 Å². The fourth-order valence-electron chi connectivity index (χ4n) is 4.05. The second-order valence-electron chi connectivity index (χ2n) is 7.91. The van der Waals surface area contributed by atoms with E-state index in [4.69, 9.17) is 11.5 Å². The minimum absolute atomic E-state index is 0.242. The molecule has 10 heteroatoms. The zero-order valence-corrected chi connectivity index (χ0v) is 18.2. The van der Waals surface area contributed by atoms with Gasteiger partial charge in [0.05, 0.1) is 11.4 Å². The number of benzene rings is 1. The van der Waals surface area contributed by atoms with E-state index in [0.29, 0.717) is 42.8 Å². The first-order valence-corrected chi connectivity index (χ1v) is 10.7. The Bertz CT molecular complexity index is 1010. The van der Waals surface area contributed by atoms with Gasteiger partial charge in [-0.1, -0.05) is 0 Å². The van der Waals surface area contributed by atoms with Gasteiger partial charge in [-0.05, 0) is 55.9 Å². The molecule has 1 fully saturated rings. The number of carbonyl (C=O) groups is 1. The van der Waals surface area contributed by atoms with Gasteiger partial charge < -0.3 is 21.7 Å². The molecule has 2 aromatic rings. The van der Waals surface area contributed by atoms with Gasteiger partial charge in [0.25, 0.3) is 0 Å². The molecule has 2 heterocycles. The molecular formula is C22H29FN8O. The Morgan fingerprint density at radius 2 is 2.16 bits per heavy atom. The van der Waals surface area contributed by atoms with Crippen LogP contribution in [0.1, 0.15) is 36.9 Å². The number of rotatable bonds is 7. The van der Waals surface area contributed by atoms with Crippen molar-refractivity contribution in [2.45, 2.75) is 32.1 Å². The summed E-state index contributed by atoms with van der Waals surface area (Å²) in [5, 5.41) is 17.4. The SMILES string of the molecule is CN=C(NCCCc1nn(-c2ccc(F)cc2)c(N)c1C#N)N1CCCC(CC(N)=O)C1. The fourth-order valence-corrected chi connectivity index (χ4v) is 4.05. The number of nitrogens with one attached hydrogen (secondary N) is 1. The molecule has 32 heavy (non-hydrogen) atoms. The van der Waals surface area contributed by atoms with E-state index < -0.39 is 0 Å². The average Bonchev–Trinajstić information content (AvgIpc) is 3.09. The van der Waals surface area contributed by atoms with Crippen LogP contribution in [0.15, 0.2) is 29.3 Å². The van der Waals surface area contributed by atoms with Crippen molar-refractivity contribution in [2.75, 3.05) is 32.4 Å². The van der Waals surface area contributed by atoms with E-state index in [2.05, 4.69) is 26.4 Å². The Kier molecular flexibility index (Phi) is 7.65. The largest absolute Gasteiger partial charge is 0.382 e. The van der Waals surface area contributed by atoms with Crippen LogP contribution < -0.4 is 16.8 Å². The minimum Gasteiger partial charge on any atom is -0.382 e. The Labute approximate surface area is 186 Å². The lowest BCUT2D eigenvalue weighted by Crippen LogP contribution is -2.47. The number of anilines is 1. The summed E-state index contributed by atoms with van der Waals surface area (Å²) < 4.78 is 14.7. The van der Waals surface area contributed by atoms with Crippen molar-refractivity contribution in [1.82, 2.24) is 20.0 Å². The van der Waals surface area contributed by atoms with E-state index in [1.54, 1.807) is 19.2 Å². The van der Waals surface area contributed by atoms with Crippen molar-refractivity contribution in [2.24, 2.45) is 16.6 Å². The zero-order valence-electron chi connectivity index (χ0n) is 18.2. The molecule has 1 aromatic carbocycles. The number of aryl methyl sites for hydroxylation is 1. The normalized spacial score (nSPS) is 16.6. The molecule has 170 valence electrons. The first-order valence-electron chi connectivity index (χ1n) is 10.7. The predicted octanol–water partition coefficient (Wildman–Crippen LogP) is 1.56. The number of likely N-dealkylation sites (tertiary alicyclic amines) is 1. The first-order chi connectivity index (χ1) is 15.4. The molecule has 1 aromatic heterocycles. The fraction of sp³-hybridized carbons (Fsp3) is 0.455. The topological polar surface area (TPSA) is 138 Å². The van der Waals surface area contributed by atoms with Crippen molar-refractivity contribution in [3.63, 3.8) is 0 Å². The molecule has 1 amide bonds. The number of piperidine rings is 1. The van der Waals surface area contributed by atoms with Crippen LogP contribution in [0.25, 0.3) is 5.69 Å². The summed E-state index contributed by atoms with van der Waals surface area (Å²) >= 11 is 0.